The molecule has 1 aliphatic heterocycles. The molecule has 1 heterocycles. The quantitative estimate of drug-likeness (QED) is 0.790. The number of nitrogens with one attached hydrogen (secondary N) is 1. The predicted molar refractivity (Wildman–Crippen MR) is 62.4 cm³/mol. The molecule has 94 valence electrons. The standard InChI is InChI=1S/C12H23NO3/c1-9-7-10(5-6-15-9)16-11(14)13-8-12(2,3)4/h9-10H,5-8H2,1-4H3,(H,13,14). The van der Waals surface area contributed by atoms with Crippen LogP contribution in [0.25, 0.3) is 0 Å². The van der Waals surface area contributed by atoms with Crippen molar-refractivity contribution in [3.63, 3.8) is 0 Å². The van der Waals surface area contributed by atoms with Gasteiger partial charge in [-0.2, -0.15) is 0 Å². The zero-order valence-corrected chi connectivity index (χ0v) is 10.7. The Morgan fingerprint density at radius 1 is 1.50 bits per heavy atom. The molecule has 0 radical (unpaired) electrons. The van der Waals surface area contributed by atoms with E-state index in [1.165, 1.54) is 0 Å². The molecule has 2 atom stereocenters. The van der Waals surface area contributed by atoms with Gasteiger partial charge in [-0.1, -0.05) is 20.8 Å². The highest BCUT2D eigenvalue weighted by Gasteiger charge is 2.23. The van der Waals surface area contributed by atoms with E-state index >= 15 is 0 Å². The molecular weight excluding hydrogens is 206 g/mol. The summed E-state index contributed by atoms with van der Waals surface area (Å²) in [6.07, 6.45) is 1.47. The monoisotopic (exact) mass is 229 g/mol. The second-order valence-corrected chi connectivity index (χ2v) is 5.65. The Morgan fingerprint density at radius 2 is 2.19 bits per heavy atom. The fourth-order valence-electron chi connectivity index (χ4n) is 1.59. The van der Waals surface area contributed by atoms with Gasteiger partial charge in [0.2, 0.25) is 0 Å². The SMILES string of the molecule is CC1CC(OC(=O)NCC(C)(C)C)CCO1. The molecule has 0 aromatic carbocycles. The molecule has 4 heteroatoms. The average molecular weight is 229 g/mol. The first kappa shape index (κ1) is 13.3. The first-order valence-electron chi connectivity index (χ1n) is 5.93. The minimum absolute atomic E-state index is 0.00344. The fraction of sp³-hybridized carbons (Fsp3) is 0.917. The number of carbonyl (C=O) groups is 1. The second-order valence-electron chi connectivity index (χ2n) is 5.65. The molecule has 0 bridgehead atoms. The van der Waals surface area contributed by atoms with E-state index in [4.69, 9.17) is 9.47 Å². The summed E-state index contributed by atoms with van der Waals surface area (Å²) in [7, 11) is 0. The summed E-state index contributed by atoms with van der Waals surface area (Å²) < 4.78 is 10.7. The van der Waals surface area contributed by atoms with Crippen LogP contribution in [-0.4, -0.2) is 31.5 Å². The summed E-state index contributed by atoms with van der Waals surface area (Å²) in [5.74, 6) is 0. The molecule has 2 unspecified atom stereocenters. The van der Waals surface area contributed by atoms with Crippen LogP contribution in [0.15, 0.2) is 0 Å². The van der Waals surface area contributed by atoms with Crippen molar-refractivity contribution in [3.8, 4) is 0 Å². The summed E-state index contributed by atoms with van der Waals surface area (Å²) in [5, 5.41) is 2.78. The number of amides is 1. The molecule has 0 aromatic rings. The highest BCUT2D eigenvalue weighted by atomic mass is 16.6. The molecule has 1 N–H and O–H groups in total. The molecule has 0 saturated carbocycles. The first-order valence-corrected chi connectivity index (χ1v) is 5.93. The molecule has 1 saturated heterocycles. The molecule has 0 aliphatic carbocycles. The van der Waals surface area contributed by atoms with E-state index in [1.807, 2.05) is 6.92 Å². The van der Waals surface area contributed by atoms with Gasteiger partial charge in [0.25, 0.3) is 0 Å². The minimum atomic E-state index is -0.311. The van der Waals surface area contributed by atoms with Gasteiger partial charge < -0.3 is 14.8 Å². The summed E-state index contributed by atoms with van der Waals surface area (Å²) in [4.78, 5) is 11.5. The number of rotatable bonds is 2. The highest BCUT2D eigenvalue weighted by Crippen LogP contribution is 2.16. The third kappa shape index (κ3) is 5.35. The third-order valence-corrected chi connectivity index (χ3v) is 2.47. The molecule has 1 amide bonds. The number of alkyl carbamates (subject to hydrolysis) is 1. The van der Waals surface area contributed by atoms with Crippen molar-refractivity contribution in [3.05, 3.63) is 0 Å². The van der Waals surface area contributed by atoms with Crippen LogP contribution in [0.5, 0.6) is 0 Å². The van der Waals surface area contributed by atoms with Gasteiger partial charge in [0.05, 0.1) is 12.7 Å². The third-order valence-electron chi connectivity index (χ3n) is 2.47. The van der Waals surface area contributed by atoms with Gasteiger partial charge in [-0.15, -0.1) is 0 Å². The smallest absolute Gasteiger partial charge is 0.407 e. The molecule has 0 aromatic heterocycles. The van der Waals surface area contributed by atoms with Crippen LogP contribution in [0.2, 0.25) is 0 Å². The Morgan fingerprint density at radius 3 is 2.75 bits per heavy atom. The Labute approximate surface area is 97.7 Å². The normalized spacial score (nSPS) is 26.2. The lowest BCUT2D eigenvalue weighted by Gasteiger charge is -2.27. The van der Waals surface area contributed by atoms with Gasteiger partial charge in [0.1, 0.15) is 6.10 Å². The second kappa shape index (κ2) is 5.53. The zero-order valence-electron chi connectivity index (χ0n) is 10.7. The summed E-state index contributed by atoms with van der Waals surface area (Å²) in [6, 6.07) is 0. The van der Waals surface area contributed by atoms with Crippen molar-refractivity contribution in [1.82, 2.24) is 5.32 Å². The molecule has 16 heavy (non-hydrogen) atoms. The number of hydrogen-bond donors (Lipinski definition) is 1. The maximum atomic E-state index is 11.5. The van der Waals surface area contributed by atoms with Gasteiger partial charge in [-0.05, 0) is 12.3 Å². The largest absolute Gasteiger partial charge is 0.446 e. The number of hydrogen-bond acceptors (Lipinski definition) is 3. The van der Waals surface area contributed by atoms with E-state index in [9.17, 15) is 4.79 Å². The van der Waals surface area contributed by atoms with Gasteiger partial charge >= 0.3 is 6.09 Å². The Kier molecular flexibility index (Phi) is 4.59. The average Bonchev–Trinajstić information content (AvgIpc) is 2.14. The van der Waals surface area contributed by atoms with Gasteiger partial charge in [-0.3, -0.25) is 0 Å². The maximum Gasteiger partial charge on any atom is 0.407 e. The van der Waals surface area contributed by atoms with E-state index in [1.54, 1.807) is 0 Å². The lowest BCUT2D eigenvalue weighted by atomic mass is 9.97. The Bertz CT molecular complexity index is 235. The fourth-order valence-corrected chi connectivity index (χ4v) is 1.59. The summed E-state index contributed by atoms with van der Waals surface area (Å²) in [5.41, 5.74) is 0.0853. The first-order chi connectivity index (χ1) is 7.37. The topological polar surface area (TPSA) is 47.6 Å². The summed E-state index contributed by atoms with van der Waals surface area (Å²) in [6.45, 7) is 9.53. The lowest BCUT2D eigenvalue weighted by molar-refractivity contribution is -0.0402. The Hall–Kier alpha value is -0.770. The highest BCUT2D eigenvalue weighted by molar-refractivity contribution is 5.67. The van der Waals surface area contributed by atoms with E-state index in [-0.39, 0.29) is 23.7 Å². The van der Waals surface area contributed by atoms with Crippen molar-refractivity contribution in [2.45, 2.75) is 52.7 Å². The van der Waals surface area contributed by atoms with E-state index < -0.39 is 0 Å². The van der Waals surface area contributed by atoms with Crippen LogP contribution in [0.3, 0.4) is 0 Å². The lowest BCUT2D eigenvalue weighted by Crippen LogP contribution is -2.37. The van der Waals surface area contributed by atoms with E-state index in [2.05, 4.69) is 26.1 Å². The predicted octanol–water partition coefficient (Wildman–Crippen LogP) is 2.33. The van der Waals surface area contributed by atoms with Gasteiger partial charge in [0, 0.05) is 19.4 Å². The van der Waals surface area contributed by atoms with Crippen LogP contribution in [0.4, 0.5) is 4.79 Å². The molecular formula is C12H23NO3. The van der Waals surface area contributed by atoms with Gasteiger partial charge in [0.15, 0.2) is 0 Å². The van der Waals surface area contributed by atoms with Crippen LogP contribution in [0, 0.1) is 5.41 Å². The summed E-state index contributed by atoms with van der Waals surface area (Å²) >= 11 is 0. The maximum absolute atomic E-state index is 11.5. The van der Waals surface area contributed by atoms with Crippen LogP contribution >= 0.6 is 0 Å². The molecule has 0 spiro atoms. The number of carbonyl (C=O) groups excluding carboxylic acids is 1. The van der Waals surface area contributed by atoms with Crippen LogP contribution in [-0.2, 0) is 9.47 Å². The van der Waals surface area contributed by atoms with Crippen molar-refractivity contribution < 1.29 is 14.3 Å². The Balaban J connectivity index is 2.23. The van der Waals surface area contributed by atoms with Gasteiger partial charge in [-0.25, -0.2) is 4.79 Å². The zero-order chi connectivity index (χ0) is 12.2. The van der Waals surface area contributed by atoms with Crippen molar-refractivity contribution >= 4 is 6.09 Å². The molecule has 1 fully saturated rings. The van der Waals surface area contributed by atoms with Crippen LogP contribution < -0.4 is 5.32 Å². The molecule has 1 rings (SSSR count). The van der Waals surface area contributed by atoms with E-state index in [0.717, 1.165) is 12.8 Å². The van der Waals surface area contributed by atoms with Crippen LogP contribution in [0.1, 0.15) is 40.5 Å². The van der Waals surface area contributed by atoms with Crippen molar-refractivity contribution in [1.29, 1.82) is 0 Å². The minimum Gasteiger partial charge on any atom is -0.446 e. The molecule has 4 nitrogen and oxygen atoms in total. The van der Waals surface area contributed by atoms with Crippen molar-refractivity contribution in [2.24, 2.45) is 5.41 Å². The number of ether oxygens (including phenoxy) is 2. The van der Waals surface area contributed by atoms with Crippen molar-refractivity contribution in [2.75, 3.05) is 13.2 Å². The molecule has 1 aliphatic rings. The van der Waals surface area contributed by atoms with E-state index in [0.29, 0.717) is 13.2 Å².